The van der Waals surface area contributed by atoms with Crippen LogP contribution in [0.25, 0.3) is 22.0 Å². The Kier molecular flexibility index (Phi) is 2.22. The fourth-order valence-electron chi connectivity index (χ4n) is 1.94. The van der Waals surface area contributed by atoms with E-state index in [2.05, 4.69) is 9.97 Å². The second-order valence-corrected chi connectivity index (χ2v) is 3.88. The van der Waals surface area contributed by atoms with Gasteiger partial charge in [-0.2, -0.15) is 0 Å². The third-order valence-electron chi connectivity index (χ3n) is 2.74. The Morgan fingerprint density at radius 2 is 1.94 bits per heavy atom. The highest BCUT2D eigenvalue weighted by Gasteiger charge is 2.04. The zero-order chi connectivity index (χ0) is 11.7. The van der Waals surface area contributed by atoms with Crippen LogP contribution < -0.4 is 5.73 Å². The van der Waals surface area contributed by atoms with Crippen molar-refractivity contribution in [1.82, 2.24) is 9.97 Å². The molecule has 3 aromatic rings. The molecular weight excluding hydrogens is 210 g/mol. The minimum absolute atomic E-state index is 0.723. The molecule has 17 heavy (non-hydrogen) atoms. The van der Waals surface area contributed by atoms with Crippen molar-refractivity contribution >= 4 is 16.5 Å². The van der Waals surface area contributed by atoms with Gasteiger partial charge < -0.3 is 5.73 Å². The van der Waals surface area contributed by atoms with Gasteiger partial charge in [0.2, 0.25) is 0 Å². The average Bonchev–Trinajstić information content (AvgIpc) is 2.38. The van der Waals surface area contributed by atoms with Crippen LogP contribution in [0.1, 0.15) is 0 Å². The van der Waals surface area contributed by atoms with Gasteiger partial charge in [0.25, 0.3) is 0 Å². The smallest absolute Gasteiger partial charge is 0.0728 e. The summed E-state index contributed by atoms with van der Waals surface area (Å²) in [5.74, 6) is 0. The Morgan fingerprint density at radius 1 is 1.00 bits per heavy atom. The van der Waals surface area contributed by atoms with Gasteiger partial charge in [-0.05, 0) is 23.6 Å². The summed E-state index contributed by atoms with van der Waals surface area (Å²) in [5, 5.41) is 2.25. The Balaban J connectivity index is 2.30. The van der Waals surface area contributed by atoms with E-state index in [4.69, 9.17) is 5.73 Å². The molecule has 0 amide bonds. The van der Waals surface area contributed by atoms with Crippen LogP contribution in [0.4, 0.5) is 5.69 Å². The molecule has 0 aliphatic heterocycles. The fourth-order valence-corrected chi connectivity index (χ4v) is 1.94. The van der Waals surface area contributed by atoms with Gasteiger partial charge in [0, 0.05) is 35.2 Å². The third-order valence-corrected chi connectivity index (χ3v) is 2.74. The van der Waals surface area contributed by atoms with Crippen LogP contribution in [0.15, 0.2) is 55.0 Å². The van der Waals surface area contributed by atoms with E-state index < -0.39 is 0 Å². The van der Waals surface area contributed by atoms with Crippen molar-refractivity contribution in [2.75, 3.05) is 5.73 Å². The predicted octanol–water partition coefficient (Wildman–Crippen LogP) is 2.88. The number of nitrogen functional groups attached to an aromatic ring is 1. The number of nitrogens with zero attached hydrogens (tertiary/aromatic N) is 2. The molecule has 0 unspecified atom stereocenters. The maximum Gasteiger partial charge on any atom is 0.0728 e. The average molecular weight is 221 g/mol. The SMILES string of the molecule is Nc1ccnc(-c2cccc3cnccc23)c1. The van der Waals surface area contributed by atoms with Crippen LogP contribution >= 0.6 is 0 Å². The zero-order valence-corrected chi connectivity index (χ0v) is 9.17. The van der Waals surface area contributed by atoms with Gasteiger partial charge in [-0.1, -0.05) is 18.2 Å². The van der Waals surface area contributed by atoms with Crippen molar-refractivity contribution in [2.24, 2.45) is 0 Å². The molecule has 0 saturated heterocycles. The Morgan fingerprint density at radius 3 is 2.82 bits per heavy atom. The van der Waals surface area contributed by atoms with Crippen molar-refractivity contribution in [3.05, 3.63) is 55.0 Å². The number of aromatic nitrogens is 2. The summed E-state index contributed by atoms with van der Waals surface area (Å²) < 4.78 is 0. The molecule has 2 heterocycles. The molecule has 2 N–H and O–H groups in total. The topological polar surface area (TPSA) is 51.8 Å². The lowest BCUT2D eigenvalue weighted by Crippen LogP contribution is -1.89. The van der Waals surface area contributed by atoms with Crippen LogP contribution in [0.5, 0.6) is 0 Å². The molecule has 82 valence electrons. The Labute approximate surface area is 98.9 Å². The number of pyridine rings is 2. The van der Waals surface area contributed by atoms with Gasteiger partial charge in [-0.15, -0.1) is 0 Å². The molecule has 0 aliphatic carbocycles. The number of anilines is 1. The first-order chi connectivity index (χ1) is 8.34. The first-order valence-electron chi connectivity index (χ1n) is 5.39. The summed E-state index contributed by atoms with van der Waals surface area (Å²) in [6, 6.07) is 11.8. The number of hydrogen-bond donors (Lipinski definition) is 1. The van der Waals surface area contributed by atoms with Gasteiger partial charge >= 0.3 is 0 Å². The minimum Gasteiger partial charge on any atom is -0.399 e. The van der Waals surface area contributed by atoms with Crippen molar-refractivity contribution in [1.29, 1.82) is 0 Å². The summed E-state index contributed by atoms with van der Waals surface area (Å²) in [4.78, 5) is 8.48. The van der Waals surface area contributed by atoms with Gasteiger partial charge in [0.15, 0.2) is 0 Å². The lowest BCUT2D eigenvalue weighted by Gasteiger charge is -2.05. The number of hydrogen-bond acceptors (Lipinski definition) is 3. The van der Waals surface area contributed by atoms with Crippen molar-refractivity contribution in [3.63, 3.8) is 0 Å². The monoisotopic (exact) mass is 221 g/mol. The van der Waals surface area contributed by atoms with Gasteiger partial charge in [0.1, 0.15) is 0 Å². The molecule has 1 aromatic carbocycles. The normalized spacial score (nSPS) is 10.6. The van der Waals surface area contributed by atoms with E-state index in [-0.39, 0.29) is 0 Å². The van der Waals surface area contributed by atoms with Crippen LogP contribution in [0, 0.1) is 0 Å². The largest absolute Gasteiger partial charge is 0.399 e. The maximum absolute atomic E-state index is 5.79. The van der Waals surface area contributed by atoms with Crippen LogP contribution in [-0.2, 0) is 0 Å². The van der Waals surface area contributed by atoms with Crippen molar-refractivity contribution in [3.8, 4) is 11.3 Å². The molecule has 3 rings (SSSR count). The van der Waals surface area contributed by atoms with Gasteiger partial charge in [0.05, 0.1) is 5.69 Å². The van der Waals surface area contributed by atoms with E-state index >= 15 is 0 Å². The lowest BCUT2D eigenvalue weighted by molar-refractivity contribution is 1.33. The van der Waals surface area contributed by atoms with Crippen molar-refractivity contribution in [2.45, 2.75) is 0 Å². The van der Waals surface area contributed by atoms with Crippen molar-refractivity contribution < 1.29 is 0 Å². The first kappa shape index (κ1) is 9.78. The first-order valence-corrected chi connectivity index (χ1v) is 5.39. The van der Waals surface area contributed by atoms with E-state index in [9.17, 15) is 0 Å². The predicted molar refractivity (Wildman–Crippen MR) is 69.4 cm³/mol. The van der Waals surface area contributed by atoms with Gasteiger partial charge in [-0.3, -0.25) is 9.97 Å². The van der Waals surface area contributed by atoms with E-state index in [1.807, 2.05) is 36.5 Å². The van der Waals surface area contributed by atoms with E-state index in [1.165, 1.54) is 0 Å². The molecule has 3 heteroatoms. The number of nitrogens with two attached hydrogens (primary N) is 1. The molecule has 0 atom stereocenters. The number of fused-ring (bicyclic) bond motifs is 1. The summed E-state index contributed by atoms with van der Waals surface area (Å²) >= 11 is 0. The molecule has 0 aliphatic rings. The fraction of sp³-hybridized carbons (Fsp3) is 0. The van der Waals surface area contributed by atoms with E-state index in [1.54, 1.807) is 18.5 Å². The quantitative estimate of drug-likeness (QED) is 0.687. The summed E-state index contributed by atoms with van der Waals surface area (Å²) in [5.41, 5.74) is 8.48. The highest BCUT2D eigenvalue weighted by atomic mass is 14.7. The molecule has 0 radical (unpaired) electrons. The molecule has 3 nitrogen and oxygen atoms in total. The highest BCUT2D eigenvalue weighted by Crippen LogP contribution is 2.27. The number of rotatable bonds is 1. The van der Waals surface area contributed by atoms with Crippen LogP contribution in [-0.4, -0.2) is 9.97 Å². The van der Waals surface area contributed by atoms with Crippen LogP contribution in [0.3, 0.4) is 0 Å². The Bertz CT molecular complexity index is 672. The summed E-state index contributed by atoms with van der Waals surface area (Å²) in [6.45, 7) is 0. The second-order valence-electron chi connectivity index (χ2n) is 3.88. The summed E-state index contributed by atoms with van der Waals surface area (Å²) in [7, 11) is 0. The molecule has 0 fully saturated rings. The molecule has 0 bridgehead atoms. The molecule has 0 saturated carbocycles. The third kappa shape index (κ3) is 1.72. The maximum atomic E-state index is 5.79. The molecular formula is C14H11N3. The molecule has 2 aromatic heterocycles. The minimum atomic E-state index is 0.723. The second kappa shape index (κ2) is 3.87. The van der Waals surface area contributed by atoms with E-state index in [0.29, 0.717) is 0 Å². The van der Waals surface area contributed by atoms with Gasteiger partial charge in [-0.25, -0.2) is 0 Å². The van der Waals surface area contributed by atoms with Crippen LogP contribution in [0.2, 0.25) is 0 Å². The lowest BCUT2D eigenvalue weighted by atomic mass is 10.0. The zero-order valence-electron chi connectivity index (χ0n) is 9.17. The van der Waals surface area contributed by atoms with E-state index in [0.717, 1.165) is 27.7 Å². The Hall–Kier alpha value is -2.42. The summed E-state index contributed by atoms with van der Waals surface area (Å²) in [6.07, 6.45) is 5.37. The molecule has 0 spiro atoms. The number of benzene rings is 1. The standard InChI is InChI=1S/C14H11N3/c15-11-4-7-17-14(8-11)13-3-1-2-10-9-16-6-5-12(10)13/h1-9H,(H2,15,17). The highest BCUT2D eigenvalue weighted by molar-refractivity contribution is 5.95.